The van der Waals surface area contributed by atoms with Crippen LogP contribution in [0.1, 0.15) is 24.0 Å². The molecular weight excluding hydrogens is 328 g/mol. The van der Waals surface area contributed by atoms with Crippen LogP contribution in [-0.2, 0) is 16.0 Å². The first-order chi connectivity index (χ1) is 12.6. The lowest BCUT2D eigenvalue weighted by atomic mass is 9.96. The van der Waals surface area contributed by atoms with E-state index < -0.39 is 0 Å². The van der Waals surface area contributed by atoms with E-state index in [0.29, 0.717) is 18.7 Å². The van der Waals surface area contributed by atoms with E-state index in [4.69, 9.17) is 4.74 Å². The van der Waals surface area contributed by atoms with Crippen molar-refractivity contribution in [3.63, 3.8) is 0 Å². The fourth-order valence-corrected chi connectivity index (χ4v) is 3.16. The van der Waals surface area contributed by atoms with Gasteiger partial charge < -0.3 is 15.4 Å². The molecule has 0 saturated heterocycles. The van der Waals surface area contributed by atoms with Gasteiger partial charge in [-0.1, -0.05) is 24.3 Å². The zero-order valence-electron chi connectivity index (χ0n) is 14.7. The molecule has 26 heavy (non-hydrogen) atoms. The van der Waals surface area contributed by atoms with Crippen LogP contribution in [0.25, 0.3) is 0 Å². The van der Waals surface area contributed by atoms with Crippen molar-refractivity contribution in [2.75, 3.05) is 17.2 Å². The molecule has 1 fully saturated rings. The summed E-state index contributed by atoms with van der Waals surface area (Å²) in [6.07, 6.45) is 2.59. The van der Waals surface area contributed by atoms with E-state index >= 15 is 0 Å². The van der Waals surface area contributed by atoms with Crippen LogP contribution >= 0.6 is 0 Å². The van der Waals surface area contributed by atoms with Crippen LogP contribution in [0.3, 0.4) is 0 Å². The average Bonchev–Trinajstić information content (AvgIpc) is 3.49. The molecule has 1 aliphatic heterocycles. The molecule has 2 N–H and O–H groups in total. The summed E-state index contributed by atoms with van der Waals surface area (Å²) in [5.74, 6) is 0.775. The van der Waals surface area contributed by atoms with Gasteiger partial charge in [0, 0.05) is 17.3 Å². The Morgan fingerprint density at radius 2 is 1.77 bits per heavy atom. The molecule has 5 heteroatoms. The second-order valence-electron chi connectivity index (χ2n) is 7.10. The second-order valence-corrected chi connectivity index (χ2v) is 7.10. The van der Waals surface area contributed by atoms with Crippen LogP contribution in [0.15, 0.2) is 42.5 Å². The van der Waals surface area contributed by atoms with E-state index in [2.05, 4.69) is 10.6 Å². The minimum absolute atomic E-state index is 0.0587. The largest absolute Gasteiger partial charge is 0.492 e. The molecule has 2 aromatic rings. The molecule has 1 atom stereocenters. The van der Waals surface area contributed by atoms with Gasteiger partial charge >= 0.3 is 0 Å². The molecule has 0 aromatic heterocycles. The summed E-state index contributed by atoms with van der Waals surface area (Å²) < 4.78 is 5.72. The number of fused-ring (bicyclic) bond motifs is 1. The van der Waals surface area contributed by atoms with Gasteiger partial charge in [0.1, 0.15) is 12.4 Å². The molecule has 2 aliphatic rings. The van der Waals surface area contributed by atoms with Gasteiger partial charge in [-0.3, -0.25) is 9.59 Å². The summed E-state index contributed by atoms with van der Waals surface area (Å²) in [6.45, 7) is 2.31. The Morgan fingerprint density at radius 1 is 1.00 bits per heavy atom. The molecule has 5 nitrogen and oxygen atoms in total. The highest BCUT2D eigenvalue weighted by Gasteiger charge is 2.30. The predicted molar refractivity (Wildman–Crippen MR) is 100 cm³/mol. The molecule has 0 radical (unpaired) electrons. The van der Waals surface area contributed by atoms with Crippen LogP contribution in [0.5, 0.6) is 5.75 Å². The monoisotopic (exact) mass is 350 g/mol. The average molecular weight is 350 g/mol. The van der Waals surface area contributed by atoms with Crippen LogP contribution in [0.2, 0.25) is 0 Å². The highest BCUT2D eigenvalue weighted by molar-refractivity contribution is 5.97. The number of rotatable bonds is 4. The van der Waals surface area contributed by atoms with Gasteiger partial charge in [0.15, 0.2) is 0 Å². The summed E-state index contributed by atoms with van der Waals surface area (Å²) in [6, 6.07) is 13.4. The maximum Gasteiger partial charge on any atom is 0.231 e. The third-order valence-corrected chi connectivity index (χ3v) is 4.96. The Labute approximate surface area is 152 Å². The van der Waals surface area contributed by atoms with Gasteiger partial charge in [-0.05, 0) is 55.5 Å². The van der Waals surface area contributed by atoms with Gasteiger partial charge in [-0.15, -0.1) is 0 Å². The first-order valence-corrected chi connectivity index (χ1v) is 9.03. The Kier molecular flexibility index (Phi) is 4.37. The van der Waals surface area contributed by atoms with Gasteiger partial charge in [0.05, 0.1) is 5.92 Å². The Morgan fingerprint density at radius 3 is 2.58 bits per heavy atom. The van der Waals surface area contributed by atoms with Gasteiger partial charge in [0.25, 0.3) is 0 Å². The Bertz CT molecular complexity index is 858. The summed E-state index contributed by atoms with van der Waals surface area (Å²) >= 11 is 0. The minimum Gasteiger partial charge on any atom is -0.492 e. The molecule has 134 valence electrons. The van der Waals surface area contributed by atoms with Crippen molar-refractivity contribution in [1.82, 2.24) is 0 Å². The summed E-state index contributed by atoms with van der Waals surface area (Å²) in [5, 5.41) is 5.92. The summed E-state index contributed by atoms with van der Waals surface area (Å²) in [7, 11) is 0. The van der Waals surface area contributed by atoms with Gasteiger partial charge in [0.2, 0.25) is 11.8 Å². The van der Waals surface area contributed by atoms with Crippen molar-refractivity contribution < 1.29 is 14.3 Å². The third kappa shape index (κ3) is 3.57. The molecule has 2 aromatic carbocycles. The van der Waals surface area contributed by atoms with Crippen molar-refractivity contribution in [1.29, 1.82) is 0 Å². The van der Waals surface area contributed by atoms with Gasteiger partial charge in [-0.2, -0.15) is 0 Å². The first kappa shape index (κ1) is 16.6. The van der Waals surface area contributed by atoms with E-state index in [1.807, 2.05) is 49.4 Å². The zero-order chi connectivity index (χ0) is 18.1. The Balaban J connectivity index is 1.44. The molecule has 0 bridgehead atoms. The van der Waals surface area contributed by atoms with Crippen LogP contribution in [0, 0.1) is 18.8 Å². The minimum atomic E-state index is -0.228. The SMILES string of the molecule is Cc1ccc(NC(=O)C2CC2)cc1NC(=O)C1COc2ccccc2C1. The highest BCUT2D eigenvalue weighted by Crippen LogP contribution is 2.31. The number of benzene rings is 2. The van der Waals surface area contributed by atoms with Crippen molar-refractivity contribution in [3.8, 4) is 5.75 Å². The third-order valence-electron chi connectivity index (χ3n) is 4.96. The van der Waals surface area contributed by atoms with Crippen LogP contribution in [-0.4, -0.2) is 18.4 Å². The number of nitrogens with one attached hydrogen (secondary N) is 2. The maximum atomic E-state index is 12.7. The molecule has 4 rings (SSSR count). The van der Waals surface area contributed by atoms with Crippen molar-refractivity contribution in [2.45, 2.75) is 26.2 Å². The lowest BCUT2D eigenvalue weighted by Gasteiger charge is -2.25. The van der Waals surface area contributed by atoms with Crippen LogP contribution < -0.4 is 15.4 Å². The zero-order valence-corrected chi connectivity index (χ0v) is 14.7. The van der Waals surface area contributed by atoms with Crippen LogP contribution in [0.4, 0.5) is 11.4 Å². The number of carbonyl (C=O) groups excluding carboxylic acids is 2. The first-order valence-electron chi connectivity index (χ1n) is 9.03. The molecular formula is C21H22N2O3. The molecule has 1 heterocycles. The predicted octanol–water partition coefficient (Wildman–Crippen LogP) is 3.53. The van der Waals surface area contributed by atoms with E-state index in [1.54, 1.807) is 0 Å². The van der Waals surface area contributed by atoms with Crippen molar-refractivity contribution >= 4 is 23.2 Å². The van der Waals surface area contributed by atoms with E-state index in [1.165, 1.54) is 0 Å². The molecule has 1 aliphatic carbocycles. The number of aryl methyl sites for hydroxylation is 1. The lowest BCUT2D eigenvalue weighted by molar-refractivity contribution is -0.121. The number of para-hydroxylation sites is 1. The Hall–Kier alpha value is -2.82. The molecule has 2 amide bonds. The number of amides is 2. The summed E-state index contributed by atoms with van der Waals surface area (Å²) in [5.41, 5.74) is 3.46. The number of ether oxygens (including phenoxy) is 1. The molecule has 1 saturated carbocycles. The lowest BCUT2D eigenvalue weighted by Crippen LogP contribution is -2.32. The van der Waals surface area contributed by atoms with E-state index in [-0.39, 0.29) is 23.7 Å². The number of anilines is 2. The fraction of sp³-hybridized carbons (Fsp3) is 0.333. The highest BCUT2D eigenvalue weighted by atomic mass is 16.5. The fourth-order valence-electron chi connectivity index (χ4n) is 3.16. The maximum absolute atomic E-state index is 12.7. The number of hydrogen-bond donors (Lipinski definition) is 2. The second kappa shape index (κ2) is 6.83. The topological polar surface area (TPSA) is 67.4 Å². The normalized spacial score (nSPS) is 18.4. The standard InChI is InChI=1S/C21H22N2O3/c1-13-6-9-17(22-20(24)14-7-8-14)11-18(13)23-21(25)16-10-15-4-2-3-5-19(15)26-12-16/h2-6,9,11,14,16H,7-8,10,12H2,1H3,(H,22,24)(H,23,25). The van der Waals surface area contributed by atoms with Gasteiger partial charge in [-0.25, -0.2) is 0 Å². The van der Waals surface area contributed by atoms with E-state index in [9.17, 15) is 9.59 Å². The number of hydrogen-bond acceptors (Lipinski definition) is 3. The van der Waals surface area contributed by atoms with Crippen molar-refractivity contribution in [2.24, 2.45) is 11.8 Å². The molecule has 0 spiro atoms. The van der Waals surface area contributed by atoms with Crippen molar-refractivity contribution in [3.05, 3.63) is 53.6 Å². The van der Waals surface area contributed by atoms with E-state index in [0.717, 1.165) is 35.4 Å². The molecule has 1 unspecified atom stereocenters. The number of carbonyl (C=O) groups is 2. The smallest absolute Gasteiger partial charge is 0.231 e. The summed E-state index contributed by atoms with van der Waals surface area (Å²) in [4.78, 5) is 24.6. The quantitative estimate of drug-likeness (QED) is 0.886.